The first-order valence-corrected chi connectivity index (χ1v) is 9.86. The molecule has 1 heterocycles. The van der Waals surface area contributed by atoms with E-state index in [1.54, 1.807) is 11.8 Å². The zero-order valence-electron chi connectivity index (χ0n) is 18.1. The number of amides is 1. The van der Waals surface area contributed by atoms with Crippen molar-refractivity contribution in [1.82, 2.24) is 14.8 Å². The number of aromatic nitrogens is 3. The molecular weight excluding hydrogens is 380 g/mol. The van der Waals surface area contributed by atoms with Gasteiger partial charge in [-0.25, -0.2) is 4.68 Å². The third-order valence-corrected chi connectivity index (χ3v) is 4.54. The van der Waals surface area contributed by atoms with Crippen LogP contribution in [-0.4, -0.2) is 41.0 Å². The fourth-order valence-corrected chi connectivity index (χ4v) is 2.75. The molecule has 0 bridgehead atoms. The van der Waals surface area contributed by atoms with Crippen molar-refractivity contribution < 1.29 is 14.3 Å². The second-order valence-corrected chi connectivity index (χ2v) is 8.04. The molecule has 1 amide bonds. The van der Waals surface area contributed by atoms with E-state index in [2.05, 4.69) is 15.4 Å². The molecule has 0 saturated heterocycles. The minimum atomic E-state index is -0.461. The van der Waals surface area contributed by atoms with Crippen LogP contribution >= 0.6 is 0 Å². The second-order valence-electron chi connectivity index (χ2n) is 8.04. The molecule has 0 aliphatic carbocycles. The number of rotatable bonds is 7. The summed E-state index contributed by atoms with van der Waals surface area (Å²) in [6.45, 7) is 8.50. The topological polar surface area (TPSA) is 78.3 Å². The molecular formula is C23H28N4O3. The molecule has 7 heteroatoms. The molecule has 7 nitrogen and oxygen atoms in total. The lowest BCUT2D eigenvalue weighted by Gasteiger charge is -2.17. The number of carbonyl (C=O) groups is 1. The number of carbonyl (C=O) groups excluding carboxylic acids is 1. The van der Waals surface area contributed by atoms with Crippen molar-refractivity contribution >= 4 is 11.6 Å². The molecule has 0 aliphatic heterocycles. The van der Waals surface area contributed by atoms with Crippen LogP contribution < -0.4 is 10.1 Å². The molecule has 0 fully saturated rings. The Morgan fingerprint density at radius 1 is 1.07 bits per heavy atom. The van der Waals surface area contributed by atoms with Crippen molar-refractivity contribution in [1.29, 1.82) is 0 Å². The van der Waals surface area contributed by atoms with Gasteiger partial charge in [0.1, 0.15) is 6.61 Å². The van der Waals surface area contributed by atoms with Gasteiger partial charge in [0.2, 0.25) is 5.91 Å². The zero-order valence-corrected chi connectivity index (χ0v) is 18.1. The van der Waals surface area contributed by atoms with Gasteiger partial charge < -0.3 is 14.8 Å². The Labute approximate surface area is 177 Å². The van der Waals surface area contributed by atoms with Crippen LogP contribution in [0.15, 0.2) is 48.5 Å². The molecule has 1 aromatic heterocycles. The number of ether oxygens (including phenoxy) is 2. The number of nitrogens with one attached hydrogen (secondary N) is 1. The predicted octanol–water partition coefficient (Wildman–Crippen LogP) is 4.25. The smallest absolute Gasteiger partial charge is 0.336 e. The molecule has 0 unspecified atom stereocenters. The Balaban J connectivity index is 1.93. The lowest BCUT2D eigenvalue weighted by molar-refractivity contribution is -0.123. The molecule has 3 rings (SSSR count). The molecule has 0 aliphatic rings. The molecule has 0 saturated carbocycles. The van der Waals surface area contributed by atoms with Gasteiger partial charge in [0.15, 0.2) is 5.82 Å². The third-order valence-electron chi connectivity index (χ3n) is 4.54. The number of methoxy groups -OCH3 is 1. The number of hydrogen-bond donors (Lipinski definition) is 1. The number of anilines is 1. The first-order chi connectivity index (χ1) is 14.3. The van der Waals surface area contributed by atoms with Crippen LogP contribution in [0.25, 0.3) is 17.1 Å². The Hall–Kier alpha value is -3.19. The SMILES string of the molecule is COCCOc1nc(-c2ccccc2C)n(-c2ccc(NC(=O)C(C)(C)C)cc2)n1. The van der Waals surface area contributed by atoms with E-state index in [0.29, 0.717) is 19.0 Å². The average molecular weight is 409 g/mol. The summed E-state index contributed by atoms with van der Waals surface area (Å²) in [5, 5.41) is 7.47. The van der Waals surface area contributed by atoms with Crippen molar-refractivity contribution in [2.75, 3.05) is 25.6 Å². The van der Waals surface area contributed by atoms with Gasteiger partial charge >= 0.3 is 6.01 Å². The summed E-state index contributed by atoms with van der Waals surface area (Å²) in [4.78, 5) is 16.8. The van der Waals surface area contributed by atoms with E-state index in [-0.39, 0.29) is 11.9 Å². The predicted molar refractivity (Wildman–Crippen MR) is 117 cm³/mol. The lowest BCUT2D eigenvalue weighted by atomic mass is 9.95. The van der Waals surface area contributed by atoms with Crippen molar-refractivity contribution in [2.24, 2.45) is 5.41 Å². The third kappa shape index (κ3) is 5.04. The number of nitrogens with zero attached hydrogens (tertiary/aromatic N) is 3. The average Bonchev–Trinajstić information content (AvgIpc) is 3.12. The van der Waals surface area contributed by atoms with E-state index < -0.39 is 5.41 Å². The molecule has 158 valence electrons. The molecule has 1 N–H and O–H groups in total. The standard InChI is InChI=1S/C23H28N4O3/c1-16-8-6-7-9-19(16)20-25-22(30-15-14-29-5)26-27(20)18-12-10-17(11-13-18)24-21(28)23(2,3)4/h6-13H,14-15H2,1-5H3,(H,24,28). The maximum absolute atomic E-state index is 12.2. The van der Waals surface area contributed by atoms with Crippen molar-refractivity contribution in [3.63, 3.8) is 0 Å². The quantitative estimate of drug-likeness (QED) is 0.591. The molecule has 0 atom stereocenters. The van der Waals surface area contributed by atoms with Crippen molar-refractivity contribution in [2.45, 2.75) is 27.7 Å². The largest absolute Gasteiger partial charge is 0.460 e. The van der Waals surface area contributed by atoms with Crippen LogP contribution in [0.2, 0.25) is 0 Å². The van der Waals surface area contributed by atoms with Crippen LogP contribution in [0.4, 0.5) is 5.69 Å². The van der Waals surface area contributed by atoms with Crippen LogP contribution in [-0.2, 0) is 9.53 Å². The summed E-state index contributed by atoms with van der Waals surface area (Å²) in [6, 6.07) is 15.8. The van der Waals surface area contributed by atoms with Crippen molar-refractivity contribution in [3.05, 3.63) is 54.1 Å². The monoisotopic (exact) mass is 408 g/mol. The van der Waals surface area contributed by atoms with Crippen LogP contribution in [0.3, 0.4) is 0 Å². The maximum Gasteiger partial charge on any atom is 0.336 e. The van der Waals surface area contributed by atoms with E-state index in [1.165, 1.54) is 0 Å². The van der Waals surface area contributed by atoms with Crippen molar-refractivity contribution in [3.8, 4) is 23.1 Å². The van der Waals surface area contributed by atoms with Crippen LogP contribution in [0.1, 0.15) is 26.3 Å². The lowest BCUT2D eigenvalue weighted by Crippen LogP contribution is -2.27. The first-order valence-electron chi connectivity index (χ1n) is 9.86. The van der Waals surface area contributed by atoms with Gasteiger partial charge in [0.05, 0.1) is 12.3 Å². The highest BCUT2D eigenvalue weighted by Crippen LogP contribution is 2.27. The molecule has 0 spiro atoms. The maximum atomic E-state index is 12.2. The molecule has 3 aromatic rings. The molecule has 30 heavy (non-hydrogen) atoms. The minimum absolute atomic E-state index is 0.0366. The number of hydrogen-bond acceptors (Lipinski definition) is 5. The Morgan fingerprint density at radius 2 is 1.77 bits per heavy atom. The Bertz CT molecular complexity index is 1000. The molecule has 2 aromatic carbocycles. The molecule has 0 radical (unpaired) electrons. The van der Waals surface area contributed by atoms with E-state index in [9.17, 15) is 4.79 Å². The van der Waals surface area contributed by atoms with Crippen LogP contribution in [0.5, 0.6) is 6.01 Å². The van der Waals surface area contributed by atoms with E-state index in [0.717, 1.165) is 22.5 Å². The summed E-state index contributed by atoms with van der Waals surface area (Å²) in [5.74, 6) is 0.650. The normalized spacial score (nSPS) is 11.4. The van der Waals surface area contributed by atoms with Crippen LogP contribution in [0, 0.1) is 12.3 Å². The fourth-order valence-electron chi connectivity index (χ4n) is 2.75. The number of benzene rings is 2. The minimum Gasteiger partial charge on any atom is -0.460 e. The highest BCUT2D eigenvalue weighted by molar-refractivity contribution is 5.94. The van der Waals surface area contributed by atoms with Gasteiger partial charge in [-0.2, -0.15) is 4.98 Å². The van der Waals surface area contributed by atoms with Gasteiger partial charge in [0, 0.05) is 23.8 Å². The summed E-state index contributed by atoms with van der Waals surface area (Å²) >= 11 is 0. The van der Waals surface area contributed by atoms with E-state index in [4.69, 9.17) is 9.47 Å². The summed E-state index contributed by atoms with van der Waals surface area (Å²) < 4.78 is 12.4. The summed E-state index contributed by atoms with van der Waals surface area (Å²) in [6.07, 6.45) is 0. The number of aryl methyl sites for hydroxylation is 1. The zero-order chi connectivity index (χ0) is 21.7. The Kier molecular flexibility index (Phi) is 6.52. The van der Waals surface area contributed by atoms with Gasteiger partial charge in [-0.05, 0) is 36.8 Å². The highest BCUT2D eigenvalue weighted by Gasteiger charge is 2.21. The van der Waals surface area contributed by atoms with Gasteiger partial charge in [-0.3, -0.25) is 4.79 Å². The first kappa shape index (κ1) is 21.5. The second kappa shape index (κ2) is 9.09. The van der Waals surface area contributed by atoms with E-state index in [1.807, 2.05) is 76.2 Å². The van der Waals surface area contributed by atoms with Gasteiger partial charge in [0.25, 0.3) is 0 Å². The highest BCUT2D eigenvalue weighted by atomic mass is 16.5. The Morgan fingerprint density at radius 3 is 2.40 bits per heavy atom. The summed E-state index contributed by atoms with van der Waals surface area (Å²) in [7, 11) is 1.62. The fraction of sp³-hybridized carbons (Fsp3) is 0.348. The van der Waals surface area contributed by atoms with E-state index >= 15 is 0 Å². The van der Waals surface area contributed by atoms with Gasteiger partial charge in [-0.1, -0.05) is 45.0 Å². The summed E-state index contributed by atoms with van der Waals surface area (Å²) in [5.41, 5.74) is 3.14. The van der Waals surface area contributed by atoms with Gasteiger partial charge in [-0.15, -0.1) is 5.10 Å².